The zero-order valence-corrected chi connectivity index (χ0v) is 10.2. The molecular weight excluding hydrogens is 202 g/mol. The molecule has 1 aromatic rings. The highest BCUT2D eigenvalue weighted by atomic mass is 16.4. The maximum atomic E-state index is 5.41. The second-order valence-corrected chi connectivity index (χ2v) is 4.74. The fourth-order valence-corrected chi connectivity index (χ4v) is 2.13. The number of hydrogen-bond acceptors (Lipinski definition) is 4. The number of oxazole rings is 1. The predicted octanol–water partition coefficient (Wildman–Crippen LogP) is 1.41. The Morgan fingerprint density at radius 3 is 2.88 bits per heavy atom. The fraction of sp³-hybridized carbons (Fsp3) is 0.750. The number of hydrogen-bond donors (Lipinski definition) is 1. The summed E-state index contributed by atoms with van der Waals surface area (Å²) in [6.45, 7) is 6.21. The van der Waals surface area contributed by atoms with Crippen molar-refractivity contribution in [1.29, 1.82) is 0 Å². The largest absolute Gasteiger partial charge is 0.445 e. The van der Waals surface area contributed by atoms with Gasteiger partial charge in [-0.1, -0.05) is 0 Å². The first kappa shape index (κ1) is 11.6. The van der Waals surface area contributed by atoms with Crippen LogP contribution in [0.2, 0.25) is 0 Å². The number of nitrogens with one attached hydrogen (secondary N) is 1. The second-order valence-electron chi connectivity index (χ2n) is 4.74. The molecule has 1 aliphatic heterocycles. The molecule has 16 heavy (non-hydrogen) atoms. The van der Waals surface area contributed by atoms with E-state index in [1.807, 2.05) is 6.92 Å². The summed E-state index contributed by atoms with van der Waals surface area (Å²) in [7, 11) is 2.19. The van der Waals surface area contributed by atoms with Crippen LogP contribution in [0, 0.1) is 12.8 Å². The smallest absolute Gasteiger partial charge is 0.208 e. The van der Waals surface area contributed by atoms with Gasteiger partial charge in [0.1, 0.15) is 5.76 Å². The summed E-state index contributed by atoms with van der Waals surface area (Å²) in [6.07, 6.45) is 4.37. The maximum Gasteiger partial charge on any atom is 0.208 e. The molecule has 0 radical (unpaired) electrons. The van der Waals surface area contributed by atoms with E-state index in [1.165, 1.54) is 25.9 Å². The molecule has 0 saturated carbocycles. The molecule has 0 aromatic carbocycles. The lowest BCUT2D eigenvalue weighted by molar-refractivity contribution is 0.215. The Morgan fingerprint density at radius 1 is 1.50 bits per heavy atom. The molecule has 0 unspecified atom stereocenters. The van der Waals surface area contributed by atoms with Gasteiger partial charge in [0.25, 0.3) is 0 Å². The summed E-state index contributed by atoms with van der Waals surface area (Å²) in [5.41, 5.74) is 0. The Balaban J connectivity index is 1.64. The molecule has 90 valence electrons. The normalized spacial score (nSPS) is 19.1. The summed E-state index contributed by atoms with van der Waals surface area (Å²) in [6, 6.07) is 0. The van der Waals surface area contributed by atoms with E-state index in [0.29, 0.717) is 0 Å². The van der Waals surface area contributed by atoms with Gasteiger partial charge in [-0.3, -0.25) is 0 Å². The second kappa shape index (κ2) is 5.46. The summed E-state index contributed by atoms with van der Waals surface area (Å²) in [5, 5.41) is 3.42. The van der Waals surface area contributed by atoms with Crippen molar-refractivity contribution in [2.75, 3.05) is 26.7 Å². The number of rotatable bonds is 4. The summed E-state index contributed by atoms with van der Waals surface area (Å²) >= 11 is 0. The highest BCUT2D eigenvalue weighted by Crippen LogP contribution is 2.14. The minimum atomic E-state index is 0.750. The molecule has 0 atom stereocenters. The van der Waals surface area contributed by atoms with Crippen LogP contribution in [0.1, 0.15) is 24.5 Å². The molecule has 4 heteroatoms. The zero-order chi connectivity index (χ0) is 11.4. The molecule has 0 spiro atoms. The first-order chi connectivity index (χ1) is 7.74. The van der Waals surface area contributed by atoms with Gasteiger partial charge in [-0.15, -0.1) is 0 Å². The topological polar surface area (TPSA) is 41.3 Å². The molecule has 0 amide bonds. The Morgan fingerprint density at radius 2 is 2.25 bits per heavy atom. The van der Waals surface area contributed by atoms with E-state index in [9.17, 15) is 0 Å². The Bertz CT molecular complexity index is 316. The minimum absolute atomic E-state index is 0.750. The summed E-state index contributed by atoms with van der Waals surface area (Å²) in [4.78, 5) is 6.57. The van der Waals surface area contributed by atoms with Crippen molar-refractivity contribution < 1.29 is 4.42 Å². The molecule has 1 N–H and O–H groups in total. The SMILES string of the molecule is Cc1cnc(CNCC2CCN(C)CC2)o1. The highest BCUT2D eigenvalue weighted by Gasteiger charge is 2.16. The van der Waals surface area contributed by atoms with E-state index < -0.39 is 0 Å². The standard InChI is InChI=1S/C12H21N3O/c1-10-7-14-12(16-10)9-13-8-11-3-5-15(2)6-4-11/h7,11,13H,3-6,8-9H2,1-2H3. The van der Waals surface area contributed by atoms with E-state index in [2.05, 4.69) is 22.2 Å². The summed E-state index contributed by atoms with van der Waals surface area (Å²) < 4.78 is 5.41. The van der Waals surface area contributed by atoms with Crippen molar-refractivity contribution >= 4 is 0 Å². The van der Waals surface area contributed by atoms with Gasteiger partial charge in [0.2, 0.25) is 5.89 Å². The van der Waals surface area contributed by atoms with Gasteiger partial charge in [-0.25, -0.2) is 4.98 Å². The number of aryl methyl sites for hydroxylation is 1. The first-order valence-electron chi connectivity index (χ1n) is 6.04. The van der Waals surface area contributed by atoms with Crippen LogP contribution in [0.3, 0.4) is 0 Å². The molecule has 0 bridgehead atoms. The third-order valence-corrected chi connectivity index (χ3v) is 3.22. The van der Waals surface area contributed by atoms with E-state index in [1.54, 1.807) is 6.20 Å². The lowest BCUT2D eigenvalue weighted by Crippen LogP contribution is -2.34. The average Bonchev–Trinajstić information content (AvgIpc) is 2.67. The molecule has 1 fully saturated rings. The Hall–Kier alpha value is -0.870. The van der Waals surface area contributed by atoms with Crippen LogP contribution >= 0.6 is 0 Å². The zero-order valence-electron chi connectivity index (χ0n) is 10.2. The number of piperidine rings is 1. The third kappa shape index (κ3) is 3.32. The highest BCUT2D eigenvalue weighted by molar-refractivity contribution is 4.90. The van der Waals surface area contributed by atoms with Gasteiger partial charge >= 0.3 is 0 Å². The van der Waals surface area contributed by atoms with E-state index in [4.69, 9.17) is 4.42 Å². The number of aromatic nitrogens is 1. The fourth-order valence-electron chi connectivity index (χ4n) is 2.13. The molecule has 1 saturated heterocycles. The van der Waals surface area contributed by atoms with Crippen molar-refractivity contribution in [1.82, 2.24) is 15.2 Å². The Kier molecular flexibility index (Phi) is 3.96. The van der Waals surface area contributed by atoms with Crippen molar-refractivity contribution in [2.24, 2.45) is 5.92 Å². The maximum absolute atomic E-state index is 5.41. The van der Waals surface area contributed by atoms with Crippen LogP contribution in [0.4, 0.5) is 0 Å². The van der Waals surface area contributed by atoms with Gasteiger partial charge < -0.3 is 14.6 Å². The predicted molar refractivity (Wildman–Crippen MR) is 63.2 cm³/mol. The monoisotopic (exact) mass is 223 g/mol. The van der Waals surface area contributed by atoms with Gasteiger partial charge in [0, 0.05) is 0 Å². The molecule has 0 aliphatic carbocycles. The van der Waals surface area contributed by atoms with Gasteiger partial charge in [0.15, 0.2) is 0 Å². The first-order valence-corrected chi connectivity index (χ1v) is 6.04. The van der Waals surface area contributed by atoms with E-state index in [0.717, 1.165) is 30.7 Å². The van der Waals surface area contributed by atoms with E-state index >= 15 is 0 Å². The van der Waals surface area contributed by atoms with Crippen molar-refractivity contribution in [3.8, 4) is 0 Å². The van der Waals surface area contributed by atoms with Crippen LogP contribution in [0.25, 0.3) is 0 Å². The lowest BCUT2D eigenvalue weighted by atomic mass is 9.97. The molecule has 1 aliphatic rings. The van der Waals surface area contributed by atoms with Crippen LogP contribution in [-0.4, -0.2) is 36.6 Å². The molecular formula is C12H21N3O. The molecule has 2 heterocycles. The molecule has 4 nitrogen and oxygen atoms in total. The number of likely N-dealkylation sites (tertiary alicyclic amines) is 1. The third-order valence-electron chi connectivity index (χ3n) is 3.22. The van der Waals surface area contributed by atoms with E-state index in [-0.39, 0.29) is 0 Å². The molecule has 1 aromatic heterocycles. The van der Waals surface area contributed by atoms with Crippen molar-refractivity contribution in [2.45, 2.75) is 26.3 Å². The molecule has 2 rings (SSSR count). The number of nitrogens with zero attached hydrogens (tertiary/aromatic N) is 2. The van der Waals surface area contributed by atoms with Crippen LogP contribution < -0.4 is 5.32 Å². The minimum Gasteiger partial charge on any atom is -0.445 e. The van der Waals surface area contributed by atoms with Crippen molar-refractivity contribution in [3.63, 3.8) is 0 Å². The van der Waals surface area contributed by atoms with Gasteiger partial charge in [-0.2, -0.15) is 0 Å². The van der Waals surface area contributed by atoms with Gasteiger partial charge in [-0.05, 0) is 52.4 Å². The lowest BCUT2D eigenvalue weighted by Gasteiger charge is -2.28. The Labute approximate surface area is 97.0 Å². The van der Waals surface area contributed by atoms with Crippen LogP contribution in [0.15, 0.2) is 10.6 Å². The average molecular weight is 223 g/mol. The quantitative estimate of drug-likeness (QED) is 0.838. The van der Waals surface area contributed by atoms with Crippen LogP contribution in [-0.2, 0) is 6.54 Å². The van der Waals surface area contributed by atoms with Crippen molar-refractivity contribution in [3.05, 3.63) is 17.8 Å². The van der Waals surface area contributed by atoms with Crippen LogP contribution in [0.5, 0.6) is 0 Å². The van der Waals surface area contributed by atoms with Gasteiger partial charge in [0.05, 0.1) is 12.7 Å². The summed E-state index contributed by atoms with van der Waals surface area (Å²) in [5.74, 6) is 2.49.